The zero-order chi connectivity index (χ0) is 13.2. The lowest BCUT2D eigenvalue weighted by molar-refractivity contribution is 0.123. The molecule has 0 bridgehead atoms. The first-order chi connectivity index (χ1) is 8.83. The molecule has 5 heteroatoms. The van der Waals surface area contributed by atoms with E-state index in [-0.39, 0.29) is 6.04 Å². The summed E-state index contributed by atoms with van der Waals surface area (Å²) in [6.07, 6.45) is 5.02. The van der Waals surface area contributed by atoms with Crippen molar-refractivity contribution in [3.63, 3.8) is 0 Å². The van der Waals surface area contributed by atoms with E-state index >= 15 is 0 Å². The zero-order valence-corrected chi connectivity index (χ0v) is 11.9. The first-order valence-electron chi connectivity index (χ1n) is 7.02. The molecule has 0 aliphatic heterocycles. The predicted molar refractivity (Wildman–Crippen MR) is 72.5 cm³/mol. The highest BCUT2D eigenvalue weighted by Gasteiger charge is 2.15. The normalized spacial score (nSPS) is 12.8. The monoisotopic (exact) mass is 254 g/mol. The van der Waals surface area contributed by atoms with Crippen LogP contribution in [-0.2, 0) is 11.3 Å². The second-order valence-electron chi connectivity index (χ2n) is 4.38. The molecule has 1 N–H and O–H groups in total. The third kappa shape index (κ3) is 4.74. The van der Waals surface area contributed by atoms with Crippen molar-refractivity contribution in [2.24, 2.45) is 0 Å². The van der Waals surface area contributed by atoms with Crippen molar-refractivity contribution in [2.45, 2.75) is 52.6 Å². The van der Waals surface area contributed by atoms with Gasteiger partial charge in [-0.25, -0.2) is 4.68 Å². The Morgan fingerprint density at radius 3 is 2.78 bits per heavy atom. The fourth-order valence-electron chi connectivity index (χ4n) is 1.90. The highest BCUT2D eigenvalue weighted by atomic mass is 16.5. The van der Waals surface area contributed by atoms with Gasteiger partial charge in [-0.1, -0.05) is 19.1 Å². The molecule has 1 heterocycles. The number of hydrogen-bond donors (Lipinski definition) is 1. The van der Waals surface area contributed by atoms with Crippen molar-refractivity contribution in [1.82, 2.24) is 20.3 Å². The van der Waals surface area contributed by atoms with Crippen LogP contribution in [0.5, 0.6) is 0 Å². The van der Waals surface area contributed by atoms with E-state index in [4.69, 9.17) is 4.74 Å². The minimum absolute atomic E-state index is 0.289. The van der Waals surface area contributed by atoms with Crippen LogP contribution in [0, 0.1) is 0 Å². The maximum absolute atomic E-state index is 5.57. The first kappa shape index (κ1) is 15.1. The fourth-order valence-corrected chi connectivity index (χ4v) is 1.90. The van der Waals surface area contributed by atoms with Crippen LogP contribution in [0.2, 0.25) is 0 Å². The molecule has 5 nitrogen and oxygen atoms in total. The number of nitrogens with one attached hydrogen (secondary N) is 1. The molecule has 1 aromatic heterocycles. The van der Waals surface area contributed by atoms with Crippen molar-refractivity contribution in [1.29, 1.82) is 0 Å². The van der Waals surface area contributed by atoms with Gasteiger partial charge in [0.15, 0.2) is 0 Å². The van der Waals surface area contributed by atoms with Gasteiger partial charge in [-0.15, -0.1) is 5.10 Å². The van der Waals surface area contributed by atoms with Gasteiger partial charge in [0, 0.05) is 19.8 Å². The lowest BCUT2D eigenvalue weighted by Crippen LogP contribution is -2.26. The summed E-state index contributed by atoms with van der Waals surface area (Å²) in [6, 6.07) is 0.289. The van der Waals surface area contributed by atoms with Gasteiger partial charge in [0.25, 0.3) is 0 Å². The molecule has 104 valence electrons. The second kappa shape index (κ2) is 9.05. The van der Waals surface area contributed by atoms with Gasteiger partial charge in [-0.3, -0.25) is 0 Å². The van der Waals surface area contributed by atoms with Gasteiger partial charge in [0.1, 0.15) is 0 Å². The minimum Gasteiger partial charge on any atom is -0.381 e. The summed E-state index contributed by atoms with van der Waals surface area (Å²) < 4.78 is 7.53. The molecule has 0 saturated carbocycles. The van der Waals surface area contributed by atoms with Gasteiger partial charge in [0.05, 0.1) is 17.9 Å². The zero-order valence-electron chi connectivity index (χ0n) is 11.9. The number of hydrogen-bond acceptors (Lipinski definition) is 4. The van der Waals surface area contributed by atoms with E-state index < -0.39 is 0 Å². The molecule has 0 aliphatic rings. The lowest BCUT2D eigenvalue weighted by atomic mass is 10.1. The Labute approximate surface area is 110 Å². The summed E-state index contributed by atoms with van der Waals surface area (Å²) in [5, 5.41) is 11.6. The molecule has 1 unspecified atom stereocenters. The Morgan fingerprint density at radius 2 is 2.11 bits per heavy atom. The van der Waals surface area contributed by atoms with Crippen molar-refractivity contribution in [2.75, 3.05) is 19.8 Å². The van der Waals surface area contributed by atoms with Crippen molar-refractivity contribution >= 4 is 0 Å². The van der Waals surface area contributed by atoms with E-state index in [0.717, 1.165) is 51.3 Å². The Hall–Kier alpha value is -0.940. The largest absolute Gasteiger partial charge is 0.381 e. The first-order valence-corrected chi connectivity index (χ1v) is 7.02. The molecular formula is C13H26N4O. The van der Waals surface area contributed by atoms with Gasteiger partial charge >= 0.3 is 0 Å². The van der Waals surface area contributed by atoms with Crippen molar-refractivity contribution < 1.29 is 4.74 Å². The van der Waals surface area contributed by atoms with Gasteiger partial charge in [0.2, 0.25) is 0 Å². The van der Waals surface area contributed by atoms with Crippen LogP contribution in [0.3, 0.4) is 0 Å². The molecule has 0 saturated heterocycles. The summed E-state index contributed by atoms with van der Waals surface area (Å²) in [7, 11) is 0. The molecule has 1 rings (SSSR count). The second-order valence-corrected chi connectivity index (χ2v) is 4.38. The van der Waals surface area contributed by atoms with Gasteiger partial charge in [-0.2, -0.15) is 0 Å². The van der Waals surface area contributed by atoms with Crippen molar-refractivity contribution in [3.8, 4) is 0 Å². The molecule has 0 spiro atoms. The maximum Gasteiger partial charge on any atom is 0.0757 e. The summed E-state index contributed by atoms with van der Waals surface area (Å²) in [5.41, 5.74) is 1.16. The van der Waals surface area contributed by atoms with Crippen LogP contribution in [0.15, 0.2) is 6.20 Å². The number of aromatic nitrogens is 3. The highest BCUT2D eigenvalue weighted by molar-refractivity contribution is 5.02. The third-order valence-corrected chi connectivity index (χ3v) is 2.84. The van der Waals surface area contributed by atoms with Gasteiger partial charge in [-0.05, 0) is 32.7 Å². The van der Waals surface area contributed by atoms with Crippen LogP contribution in [-0.4, -0.2) is 34.8 Å². The summed E-state index contributed by atoms with van der Waals surface area (Å²) in [4.78, 5) is 0. The molecule has 1 atom stereocenters. The fraction of sp³-hybridized carbons (Fsp3) is 0.846. The van der Waals surface area contributed by atoms with Crippen LogP contribution in [0.25, 0.3) is 0 Å². The number of rotatable bonds is 10. The number of nitrogens with zero attached hydrogens (tertiary/aromatic N) is 3. The Bertz CT molecular complexity index is 314. The Morgan fingerprint density at radius 1 is 1.28 bits per heavy atom. The summed E-state index contributed by atoms with van der Waals surface area (Å²) >= 11 is 0. The third-order valence-electron chi connectivity index (χ3n) is 2.84. The Kier molecular flexibility index (Phi) is 7.60. The quantitative estimate of drug-likeness (QED) is 0.650. The van der Waals surface area contributed by atoms with E-state index in [1.54, 1.807) is 0 Å². The summed E-state index contributed by atoms with van der Waals surface area (Å²) in [5.74, 6) is 0. The standard InChI is InChI=1S/C13H26N4O/c1-4-8-14-12(7-10-18-9-5-2)13-11-15-16-17(13)6-3/h11-12,14H,4-10H2,1-3H3. The predicted octanol–water partition coefficient (Wildman–Crippen LogP) is 2.16. The molecule has 18 heavy (non-hydrogen) atoms. The molecule has 0 amide bonds. The van der Waals surface area contributed by atoms with E-state index in [1.165, 1.54) is 0 Å². The molecule has 0 fully saturated rings. The molecule has 0 aliphatic carbocycles. The van der Waals surface area contributed by atoms with Crippen LogP contribution < -0.4 is 5.32 Å². The minimum atomic E-state index is 0.289. The number of ether oxygens (including phenoxy) is 1. The average Bonchev–Trinajstić information content (AvgIpc) is 2.86. The topological polar surface area (TPSA) is 52.0 Å². The van der Waals surface area contributed by atoms with Gasteiger partial charge < -0.3 is 10.1 Å². The SMILES string of the molecule is CCCNC(CCOCCC)c1cnnn1CC. The molecule has 0 radical (unpaired) electrons. The average molecular weight is 254 g/mol. The Balaban J connectivity index is 2.54. The van der Waals surface area contributed by atoms with E-state index in [2.05, 4.69) is 36.4 Å². The van der Waals surface area contributed by atoms with Crippen LogP contribution in [0.4, 0.5) is 0 Å². The molecule has 0 aromatic carbocycles. The van der Waals surface area contributed by atoms with Crippen LogP contribution >= 0.6 is 0 Å². The maximum atomic E-state index is 5.57. The smallest absolute Gasteiger partial charge is 0.0757 e. The van der Waals surface area contributed by atoms with Crippen molar-refractivity contribution in [3.05, 3.63) is 11.9 Å². The van der Waals surface area contributed by atoms with E-state index in [9.17, 15) is 0 Å². The highest BCUT2D eigenvalue weighted by Crippen LogP contribution is 2.15. The van der Waals surface area contributed by atoms with Crippen LogP contribution in [0.1, 0.15) is 51.8 Å². The molecule has 1 aromatic rings. The lowest BCUT2D eigenvalue weighted by Gasteiger charge is -2.18. The summed E-state index contributed by atoms with van der Waals surface area (Å²) in [6.45, 7) is 9.87. The molecular weight excluding hydrogens is 228 g/mol. The number of aryl methyl sites for hydroxylation is 1. The van der Waals surface area contributed by atoms with E-state index in [1.807, 2.05) is 10.9 Å². The van der Waals surface area contributed by atoms with E-state index in [0.29, 0.717) is 0 Å².